The second kappa shape index (κ2) is 12.9. The Morgan fingerprint density at radius 2 is 1.72 bits per heavy atom. The number of nitro benzene ring substituents is 1. The predicted molar refractivity (Wildman–Crippen MR) is 172 cm³/mol. The number of piperidine rings is 1. The van der Waals surface area contributed by atoms with E-state index >= 15 is 0 Å². The van der Waals surface area contributed by atoms with E-state index in [0.29, 0.717) is 18.8 Å². The average molecular weight is 646 g/mol. The maximum absolute atomic E-state index is 13.4. The Balaban J connectivity index is 1.55. The standard InChI is InChI=1S/C33H35N5O7S/c1-21-10-8-11-22(2)30(21)27-18-29(35-32(34-27)36-46(43,44)26-15-9-14-25(17-26)38(41)42)45-28-16-24(31(39)40)20-37(33(28,3)4)19-23-12-6-5-7-13-23/h5-15,17-18,24,28H,16,19-20H2,1-4H3,(H,39,40)(H,34,35,36). The molecule has 0 bridgehead atoms. The zero-order chi connectivity index (χ0) is 33.2. The Bertz CT molecular complexity index is 1860. The Kier molecular flexibility index (Phi) is 9.08. The Hall–Kier alpha value is -4.88. The number of nitro groups is 1. The summed E-state index contributed by atoms with van der Waals surface area (Å²) in [5, 5.41) is 21.3. The molecule has 0 saturated carbocycles. The first-order chi connectivity index (χ1) is 21.7. The average Bonchev–Trinajstić information content (AvgIpc) is 2.99. The number of aliphatic carboxylic acids is 1. The van der Waals surface area contributed by atoms with Crippen LogP contribution in [0.1, 0.15) is 37.0 Å². The molecule has 46 heavy (non-hydrogen) atoms. The molecule has 1 aliphatic heterocycles. The van der Waals surface area contributed by atoms with Gasteiger partial charge in [-0.15, -0.1) is 0 Å². The van der Waals surface area contributed by atoms with Gasteiger partial charge in [-0.25, -0.2) is 18.1 Å². The highest BCUT2D eigenvalue weighted by atomic mass is 32.2. The second-order valence-electron chi connectivity index (χ2n) is 11.9. The summed E-state index contributed by atoms with van der Waals surface area (Å²) in [5.74, 6) is -1.90. The molecular weight excluding hydrogens is 610 g/mol. The minimum atomic E-state index is -4.35. The van der Waals surface area contributed by atoms with E-state index in [9.17, 15) is 28.4 Å². The third kappa shape index (κ3) is 7.00. The summed E-state index contributed by atoms with van der Waals surface area (Å²) in [7, 11) is -4.35. The van der Waals surface area contributed by atoms with Crippen molar-refractivity contribution in [2.24, 2.45) is 5.92 Å². The maximum atomic E-state index is 13.4. The number of likely N-dealkylation sites (tertiary alicyclic amines) is 1. The number of aryl methyl sites for hydroxylation is 2. The molecule has 13 heteroatoms. The fraction of sp³-hybridized carbons (Fsp3) is 0.303. The molecule has 12 nitrogen and oxygen atoms in total. The first kappa shape index (κ1) is 32.5. The van der Waals surface area contributed by atoms with Crippen LogP contribution in [0.4, 0.5) is 11.6 Å². The van der Waals surface area contributed by atoms with Crippen molar-refractivity contribution in [2.75, 3.05) is 11.3 Å². The molecule has 3 aromatic carbocycles. The number of carboxylic acids is 1. The minimum Gasteiger partial charge on any atom is -0.481 e. The SMILES string of the molecule is Cc1cccc(C)c1-c1cc(OC2CC(C(=O)O)CN(Cc3ccccc3)C2(C)C)nc(NS(=O)(=O)c2cccc([N+](=O)[O-])c2)n1. The van der Waals surface area contributed by atoms with E-state index in [4.69, 9.17) is 4.74 Å². The van der Waals surface area contributed by atoms with Gasteiger partial charge in [0, 0.05) is 43.3 Å². The number of hydrogen-bond donors (Lipinski definition) is 2. The summed E-state index contributed by atoms with van der Waals surface area (Å²) in [6, 6.07) is 21.7. The molecule has 2 atom stereocenters. The molecular formula is C33H35N5O7S. The minimum absolute atomic E-state index is 0.0492. The largest absolute Gasteiger partial charge is 0.481 e. The van der Waals surface area contributed by atoms with Crippen LogP contribution in [-0.4, -0.2) is 57.5 Å². The van der Waals surface area contributed by atoms with Crippen molar-refractivity contribution in [1.29, 1.82) is 0 Å². The maximum Gasteiger partial charge on any atom is 0.307 e. The van der Waals surface area contributed by atoms with Gasteiger partial charge in [0.05, 0.1) is 27.0 Å². The molecule has 1 saturated heterocycles. The molecule has 5 rings (SSSR count). The summed E-state index contributed by atoms with van der Waals surface area (Å²) in [5.41, 5.74) is 2.91. The van der Waals surface area contributed by atoms with Gasteiger partial charge in [-0.3, -0.25) is 19.8 Å². The summed E-state index contributed by atoms with van der Waals surface area (Å²) in [6.45, 7) is 8.60. The summed E-state index contributed by atoms with van der Waals surface area (Å²) >= 11 is 0. The second-order valence-corrected chi connectivity index (χ2v) is 13.6. The van der Waals surface area contributed by atoms with Gasteiger partial charge in [-0.1, -0.05) is 54.6 Å². The molecule has 0 amide bonds. The van der Waals surface area contributed by atoms with Crippen molar-refractivity contribution in [2.45, 2.75) is 57.2 Å². The van der Waals surface area contributed by atoms with Gasteiger partial charge in [0.15, 0.2) is 0 Å². The van der Waals surface area contributed by atoms with Crippen LogP contribution >= 0.6 is 0 Å². The molecule has 0 spiro atoms. The van der Waals surface area contributed by atoms with Crippen molar-refractivity contribution >= 4 is 27.6 Å². The van der Waals surface area contributed by atoms with E-state index in [0.717, 1.165) is 28.3 Å². The fourth-order valence-electron chi connectivity index (χ4n) is 5.74. The van der Waals surface area contributed by atoms with Crippen LogP contribution in [0.25, 0.3) is 11.3 Å². The first-order valence-corrected chi connectivity index (χ1v) is 16.1. The van der Waals surface area contributed by atoms with Gasteiger partial charge >= 0.3 is 5.97 Å². The lowest BCUT2D eigenvalue weighted by molar-refractivity contribution is -0.385. The number of carbonyl (C=O) groups is 1. The van der Waals surface area contributed by atoms with Gasteiger partial charge in [0.25, 0.3) is 15.7 Å². The number of carboxylic acid groups (broad SMARTS) is 1. The Labute approximate surface area is 267 Å². The van der Waals surface area contributed by atoms with Gasteiger partial charge in [-0.2, -0.15) is 4.98 Å². The Morgan fingerprint density at radius 3 is 2.37 bits per heavy atom. The lowest BCUT2D eigenvalue weighted by atomic mass is 9.81. The molecule has 1 aromatic heterocycles. The molecule has 0 aliphatic carbocycles. The van der Waals surface area contributed by atoms with Crippen LogP contribution in [-0.2, 0) is 21.4 Å². The van der Waals surface area contributed by atoms with Crippen molar-refractivity contribution in [3.05, 3.63) is 106 Å². The van der Waals surface area contributed by atoms with Gasteiger partial charge in [-0.05, 0) is 50.5 Å². The van der Waals surface area contributed by atoms with Crippen molar-refractivity contribution in [3.63, 3.8) is 0 Å². The zero-order valence-electron chi connectivity index (χ0n) is 25.9. The highest BCUT2D eigenvalue weighted by Gasteiger charge is 2.46. The third-order valence-corrected chi connectivity index (χ3v) is 9.70. The summed E-state index contributed by atoms with van der Waals surface area (Å²) < 4.78 is 35.6. The molecule has 0 radical (unpaired) electrons. The predicted octanol–water partition coefficient (Wildman–Crippen LogP) is 5.60. The molecule has 4 aromatic rings. The number of aromatic nitrogens is 2. The summed E-state index contributed by atoms with van der Waals surface area (Å²) in [4.78, 5) is 33.5. The van der Waals surface area contributed by atoms with E-state index in [2.05, 4.69) is 19.6 Å². The van der Waals surface area contributed by atoms with E-state index in [-0.39, 0.29) is 28.8 Å². The molecule has 1 fully saturated rings. The monoisotopic (exact) mass is 645 g/mol. The number of nitrogens with zero attached hydrogens (tertiary/aromatic N) is 4. The number of ether oxygens (including phenoxy) is 1. The van der Waals surface area contributed by atoms with E-state index < -0.39 is 38.5 Å². The van der Waals surface area contributed by atoms with E-state index in [1.54, 1.807) is 6.07 Å². The smallest absolute Gasteiger partial charge is 0.307 e. The number of anilines is 1. The molecule has 1 aliphatic rings. The van der Waals surface area contributed by atoms with Crippen molar-refractivity contribution in [1.82, 2.24) is 14.9 Å². The molecule has 2 N–H and O–H groups in total. The summed E-state index contributed by atoms with van der Waals surface area (Å²) in [6.07, 6.45) is -0.446. The van der Waals surface area contributed by atoms with Crippen LogP contribution in [0, 0.1) is 29.9 Å². The number of benzene rings is 3. The highest BCUT2D eigenvalue weighted by molar-refractivity contribution is 7.92. The van der Waals surface area contributed by atoms with Gasteiger partial charge < -0.3 is 9.84 Å². The van der Waals surface area contributed by atoms with E-state index in [1.165, 1.54) is 18.2 Å². The Morgan fingerprint density at radius 1 is 1.04 bits per heavy atom. The van der Waals surface area contributed by atoms with Crippen LogP contribution in [0.5, 0.6) is 5.88 Å². The number of nitrogens with one attached hydrogen (secondary N) is 1. The van der Waals surface area contributed by atoms with Crippen LogP contribution in [0.15, 0.2) is 83.8 Å². The van der Waals surface area contributed by atoms with Crippen LogP contribution < -0.4 is 9.46 Å². The lowest BCUT2D eigenvalue weighted by Gasteiger charge is -2.49. The van der Waals surface area contributed by atoms with E-state index in [1.807, 2.05) is 76.2 Å². The number of sulfonamides is 1. The molecule has 240 valence electrons. The van der Waals surface area contributed by atoms with Gasteiger partial charge in [0.1, 0.15) is 6.10 Å². The van der Waals surface area contributed by atoms with Gasteiger partial charge in [0.2, 0.25) is 11.8 Å². The van der Waals surface area contributed by atoms with Crippen molar-refractivity contribution in [3.8, 4) is 17.1 Å². The quantitative estimate of drug-likeness (QED) is 0.164. The van der Waals surface area contributed by atoms with Crippen LogP contribution in [0.3, 0.4) is 0 Å². The normalized spacial score (nSPS) is 18.1. The number of hydrogen-bond acceptors (Lipinski definition) is 9. The third-order valence-electron chi connectivity index (χ3n) is 8.38. The zero-order valence-corrected chi connectivity index (χ0v) is 26.7. The van der Waals surface area contributed by atoms with Crippen LogP contribution in [0.2, 0.25) is 0 Å². The lowest BCUT2D eigenvalue weighted by Crippen LogP contribution is -2.61. The topological polar surface area (TPSA) is 165 Å². The molecule has 2 unspecified atom stereocenters. The molecule has 2 heterocycles. The first-order valence-electron chi connectivity index (χ1n) is 14.7. The van der Waals surface area contributed by atoms with Crippen molar-refractivity contribution < 1.29 is 28.0 Å². The fourth-order valence-corrected chi connectivity index (χ4v) is 6.72. The highest BCUT2D eigenvalue weighted by Crippen LogP contribution is 2.37. The number of non-ortho nitro benzene ring substituents is 1. The number of rotatable bonds is 10.